The van der Waals surface area contributed by atoms with Crippen molar-refractivity contribution in [3.8, 4) is 5.69 Å². The lowest BCUT2D eigenvalue weighted by Gasteiger charge is -2.18. The highest BCUT2D eigenvalue weighted by atomic mass is 32.2. The maximum atomic E-state index is 12.6. The van der Waals surface area contributed by atoms with Gasteiger partial charge in [0.25, 0.3) is 0 Å². The minimum atomic E-state index is -0.213. The molecule has 0 saturated heterocycles. The first-order valence-electron chi connectivity index (χ1n) is 10.6. The maximum absolute atomic E-state index is 12.6. The SMILES string of the molecule is Cc1cccc(C)c1NC(=O)CN(C)C(=O)CSc1nccn1-c1ccc(C(C)C)cc1. The zero-order chi connectivity index (χ0) is 23.3. The molecule has 0 bridgehead atoms. The molecule has 7 heteroatoms. The summed E-state index contributed by atoms with van der Waals surface area (Å²) < 4.78 is 1.97. The van der Waals surface area contributed by atoms with Crippen LogP contribution >= 0.6 is 11.8 Å². The Hall–Kier alpha value is -3.06. The zero-order valence-corrected chi connectivity index (χ0v) is 20.1. The number of aryl methyl sites for hydroxylation is 2. The third kappa shape index (κ3) is 5.79. The largest absolute Gasteiger partial charge is 0.336 e. The first-order valence-corrected chi connectivity index (χ1v) is 11.6. The molecular weight excluding hydrogens is 420 g/mol. The van der Waals surface area contributed by atoms with E-state index in [4.69, 9.17) is 0 Å². The van der Waals surface area contributed by atoms with Crippen LogP contribution in [-0.4, -0.2) is 45.6 Å². The van der Waals surface area contributed by atoms with E-state index in [-0.39, 0.29) is 24.1 Å². The topological polar surface area (TPSA) is 67.2 Å². The molecule has 0 aliphatic carbocycles. The van der Waals surface area contributed by atoms with E-state index in [1.807, 2.05) is 42.8 Å². The number of imidazole rings is 1. The molecule has 2 amide bonds. The van der Waals surface area contributed by atoms with Crippen molar-refractivity contribution in [2.45, 2.75) is 38.8 Å². The van der Waals surface area contributed by atoms with Crippen LogP contribution in [0.2, 0.25) is 0 Å². The summed E-state index contributed by atoms with van der Waals surface area (Å²) in [5, 5.41) is 3.66. The summed E-state index contributed by atoms with van der Waals surface area (Å²) in [6.07, 6.45) is 3.61. The molecule has 1 aromatic heterocycles. The van der Waals surface area contributed by atoms with E-state index in [0.717, 1.165) is 27.7 Å². The number of anilines is 1. The van der Waals surface area contributed by atoms with Crippen LogP contribution in [0.25, 0.3) is 5.69 Å². The minimum absolute atomic E-state index is 0.00171. The van der Waals surface area contributed by atoms with Gasteiger partial charge in [-0.15, -0.1) is 0 Å². The predicted octanol–water partition coefficient (Wildman–Crippen LogP) is 4.80. The highest BCUT2D eigenvalue weighted by Crippen LogP contribution is 2.23. The van der Waals surface area contributed by atoms with Crippen molar-refractivity contribution < 1.29 is 9.59 Å². The van der Waals surface area contributed by atoms with Gasteiger partial charge in [0.05, 0.1) is 12.3 Å². The third-order valence-corrected chi connectivity index (χ3v) is 6.27. The van der Waals surface area contributed by atoms with E-state index in [1.54, 1.807) is 13.2 Å². The predicted molar refractivity (Wildman–Crippen MR) is 131 cm³/mol. The highest BCUT2D eigenvalue weighted by Gasteiger charge is 2.16. The molecule has 2 aromatic carbocycles. The van der Waals surface area contributed by atoms with Crippen LogP contribution in [0.4, 0.5) is 5.69 Å². The van der Waals surface area contributed by atoms with Crippen LogP contribution in [-0.2, 0) is 9.59 Å². The number of carbonyl (C=O) groups is 2. The molecular formula is C25H30N4O2S. The molecule has 0 unspecified atom stereocenters. The van der Waals surface area contributed by atoms with Gasteiger partial charge in [0.1, 0.15) is 0 Å². The fourth-order valence-corrected chi connectivity index (χ4v) is 4.26. The van der Waals surface area contributed by atoms with Crippen LogP contribution in [0.5, 0.6) is 0 Å². The van der Waals surface area contributed by atoms with E-state index in [9.17, 15) is 9.59 Å². The summed E-state index contributed by atoms with van der Waals surface area (Å²) >= 11 is 1.36. The van der Waals surface area contributed by atoms with Gasteiger partial charge in [0.2, 0.25) is 11.8 Å². The number of para-hydroxylation sites is 1. The molecule has 0 radical (unpaired) electrons. The van der Waals surface area contributed by atoms with Gasteiger partial charge in [-0.25, -0.2) is 4.98 Å². The Morgan fingerprint density at radius 1 is 1.09 bits per heavy atom. The number of rotatable bonds is 8. The number of aromatic nitrogens is 2. The summed E-state index contributed by atoms with van der Waals surface area (Å²) in [5.74, 6) is 0.334. The first kappa shape index (κ1) is 23.6. The number of carbonyl (C=O) groups excluding carboxylic acids is 2. The van der Waals surface area contributed by atoms with Crippen molar-refractivity contribution in [1.29, 1.82) is 0 Å². The van der Waals surface area contributed by atoms with Gasteiger partial charge in [-0.1, -0.05) is 55.9 Å². The van der Waals surface area contributed by atoms with Gasteiger partial charge in [0.15, 0.2) is 5.16 Å². The van der Waals surface area contributed by atoms with Crippen LogP contribution in [0.15, 0.2) is 60.0 Å². The molecule has 0 aliphatic rings. The second-order valence-electron chi connectivity index (χ2n) is 8.18. The van der Waals surface area contributed by atoms with Crippen LogP contribution in [0, 0.1) is 13.8 Å². The summed E-state index contributed by atoms with van der Waals surface area (Å²) in [5.41, 5.74) is 5.08. The van der Waals surface area contributed by atoms with Crippen molar-refractivity contribution in [2.75, 3.05) is 24.7 Å². The molecule has 0 atom stereocenters. The first-order chi connectivity index (χ1) is 15.3. The van der Waals surface area contributed by atoms with Crippen molar-refractivity contribution in [1.82, 2.24) is 14.5 Å². The molecule has 6 nitrogen and oxygen atoms in total. The lowest BCUT2D eigenvalue weighted by Crippen LogP contribution is -2.36. The van der Waals surface area contributed by atoms with Gasteiger partial charge in [-0.05, 0) is 48.6 Å². The second-order valence-corrected chi connectivity index (χ2v) is 9.12. The summed E-state index contributed by atoms with van der Waals surface area (Å²) in [4.78, 5) is 30.9. The smallest absolute Gasteiger partial charge is 0.243 e. The fraction of sp³-hybridized carbons (Fsp3) is 0.320. The number of hydrogen-bond donors (Lipinski definition) is 1. The molecule has 0 spiro atoms. The lowest BCUT2D eigenvalue weighted by atomic mass is 10.0. The van der Waals surface area contributed by atoms with Crippen LogP contribution < -0.4 is 5.32 Å². The van der Waals surface area contributed by atoms with E-state index in [0.29, 0.717) is 5.92 Å². The van der Waals surface area contributed by atoms with Gasteiger partial charge in [-0.2, -0.15) is 0 Å². The molecule has 0 fully saturated rings. The van der Waals surface area contributed by atoms with Gasteiger partial charge < -0.3 is 10.2 Å². The van der Waals surface area contributed by atoms with E-state index in [1.165, 1.54) is 22.2 Å². The minimum Gasteiger partial charge on any atom is -0.336 e. The Balaban J connectivity index is 1.57. The number of nitrogens with one attached hydrogen (secondary N) is 1. The average Bonchev–Trinajstić information content (AvgIpc) is 3.23. The summed E-state index contributed by atoms with van der Waals surface area (Å²) in [7, 11) is 1.64. The summed E-state index contributed by atoms with van der Waals surface area (Å²) in [6, 6.07) is 14.2. The molecule has 168 valence electrons. The molecule has 32 heavy (non-hydrogen) atoms. The van der Waals surface area contributed by atoms with E-state index < -0.39 is 0 Å². The molecule has 0 aliphatic heterocycles. The van der Waals surface area contributed by atoms with Crippen molar-refractivity contribution in [3.05, 3.63) is 71.5 Å². The van der Waals surface area contributed by atoms with Crippen molar-refractivity contribution >= 4 is 29.3 Å². The quantitative estimate of drug-likeness (QED) is 0.501. The van der Waals surface area contributed by atoms with E-state index >= 15 is 0 Å². The van der Waals surface area contributed by atoms with Gasteiger partial charge >= 0.3 is 0 Å². The Labute approximate surface area is 194 Å². The number of benzene rings is 2. The standard InChI is InChI=1S/C25H30N4O2S/c1-17(2)20-9-11-21(12-10-20)29-14-13-26-25(29)32-16-23(31)28(5)15-22(30)27-24-18(3)7-6-8-19(24)4/h6-14,17H,15-16H2,1-5H3,(H,27,30). The van der Waals surface area contributed by atoms with Crippen molar-refractivity contribution in [3.63, 3.8) is 0 Å². The second kappa shape index (κ2) is 10.5. The maximum Gasteiger partial charge on any atom is 0.243 e. The Bertz CT molecular complexity index is 1070. The number of amides is 2. The van der Waals surface area contributed by atoms with Gasteiger partial charge in [-0.3, -0.25) is 14.2 Å². The number of likely N-dealkylation sites (N-methyl/N-ethyl adjacent to an activating group) is 1. The Kier molecular flexibility index (Phi) is 7.75. The zero-order valence-electron chi connectivity index (χ0n) is 19.3. The molecule has 1 N–H and O–H groups in total. The Morgan fingerprint density at radius 3 is 2.38 bits per heavy atom. The summed E-state index contributed by atoms with van der Waals surface area (Å²) in [6.45, 7) is 8.23. The average molecular weight is 451 g/mol. The highest BCUT2D eigenvalue weighted by molar-refractivity contribution is 7.99. The monoisotopic (exact) mass is 450 g/mol. The van der Waals surface area contributed by atoms with E-state index in [2.05, 4.69) is 48.4 Å². The normalized spacial score (nSPS) is 10.9. The third-order valence-electron chi connectivity index (χ3n) is 5.32. The van der Waals surface area contributed by atoms with Gasteiger partial charge in [0, 0.05) is 30.8 Å². The molecule has 1 heterocycles. The molecule has 3 rings (SSSR count). The van der Waals surface area contributed by atoms with Crippen LogP contribution in [0.3, 0.4) is 0 Å². The number of nitrogens with zero attached hydrogens (tertiary/aromatic N) is 3. The lowest BCUT2D eigenvalue weighted by molar-refractivity contribution is -0.131. The van der Waals surface area contributed by atoms with Crippen molar-refractivity contribution in [2.24, 2.45) is 0 Å². The molecule has 3 aromatic rings. The van der Waals surface area contributed by atoms with Crippen LogP contribution in [0.1, 0.15) is 36.5 Å². The fourth-order valence-electron chi connectivity index (χ4n) is 3.34. The number of thioether (sulfide) groups is 1. The number of hydrogen-bond acceptors (Lipinski definition) is 4. The Morgan fingerprint density at radius 2 is 1.75 bits per heavy atom. The molecule has 0 saturated carbocycles.